The molecule has 2 saturated heterocycles. The molecule has 0 spiro atoms. The molecule has 3 amide bonds. The van der Waals surface area contributed by atoms with Crippen molar-refractivity contribution in [3.8, 4) is 6.19 Å². The quantitative estimate of drug-likeness (QED) is 0.130. The van der Waals surface area contributed by atoms with Crippen LogP contribution in [0, 0.1) is 32.2 Å². The lowest BCUT2D eigenvalue weighted by molar-refractivity contribution is -0.123. The van der Waals surface area contributed by atoms with E-state index in [-0.39, 0.29) is 23.9 Å². The molecule has 0 saturated carbocycles. The first kappa shape index (κ1) is 63.3. The van der Waals surface area contributed by atoms with Crippen molar-refractivity contribution in [2.45, 2.75) is 111 Å². The van der Waals surface area contributed by atoms with Gasteiger partial charge in [0.2, 0.25) is 11.8 Å². The predicted octanol–water partition coefficient (Wildman–Crippen LogP) is 14.8. The van der Waals surface area contributed by atoms with E-state index < -0.39 is 11.6 Å². The van der Waals surface area contributed by atoms with Gasteiger partial charge in [0.05, 0.1) is 0 Å². The molecule has 6 aliphatic heterocycles. The van der Waals surface area contributed by atoms with Gasteiger partial charge in [-0.05, 0) is 145 Å². The van der Waals surface area contributed by atoms with E-state index in [1.54, 1.807) is 9.80 Å². The number of aryl methyl sites for hydroxylation is 3. The van der Waals surface area contributed by atoms with Gasteiger partial charge in [-0.1, -0.05) is 196 Å². The van der Waals surface area contributed by atoms with Gasteiger partial charge in [0.25, 0.3) is 0 Å². The van der Waals surface area contributed by atoms with E-state index in [0.717, 1.165) is 63.1 Å². The summed E-state index contributed by atoms with van der Waals surface area (Å²) < 4.78 is 5.45. The average Bonchev–Trinajstić information content (AvgIpc) is 4.52. The standard InChI is InChI=1S/C18H24N2O3.C14H15N3O.2C8H9N.3C7H8.CH3Br/c1-18(2,3)23-17(22)20-11-6-9-15(20)16(21)19-12-10-13-7-4-5-8-14(13)19;15-10-16-8-3-6-13(16)14(18)17-9-7-11-4-1-2-5-12(11)17;2*1-2-4-8-7(3-1)5-6-9-8;3*1-7-5-3-2-4-6-7;1-2/h4-5,7-8,15H,6,9-12H2,1-3H3;1-2,4-5,13H,3,6-9H2;2*1-4,9H,5-6H2;3*2-6H,1H3;1H3/t15-;13-;;;;;;/m00....../s1. The van der Waals surface area contributed by atoms with Gasteiger partial charge >= 0.3 is 6.09 Å². The van der Waals surface area contributed by atoms with Crippen LogP contribution in [0.3, 0.4) is 0 Å². The maximum atomic E-state index is 13.0. The molecule has 12 heteroatoms. The van der Waals surface area contributed by atoms with Crippen molar-refractivity contribution in [2.75, 3.05) is 65.5 Å². The highest BCUT2D eigenvalue weighted by Gasteiger charge is 2.40. The van der Waals surface area contributed by atoms with Crippen LogP contribution in [0.2, 0.25) is 0 Å². The monoisotopic (exact) mass is 1170 g/mol. The van der Waals surface area contributed by atoms with Gasteiger partial charge in [0.15, 0.2) is 6.19 Å². The second-order valence-electron chi connectivity index (χ2n) is 21.7. The minimum absolute atomic E-state index is 0.0123. The van der Waals surface area contributed by atoms with E-state index in [0.29, 0.717) is 26.1 Å². The highest BCUT2D eigenvalue weighted by Crippen LogP contribution is 2.32. The number of fused-ring (bicyclic) bond motifs is 4. The topological polar surface area (TPSA) is 121 Å². The number of halogens is 1. The van der Waals surface area contributed by atoms with Gasteiger partial charge in [-0.15, -0.1) is 0 Å². The number of anilines is 4. The minimum atomic E-state index is -0.548. The Bertz CT molecular complexity index is 2910. The predicted molar refractivity (Wildman–Crippen MR) is 342 cm³/mol. The van der Waals surface area contributed by atoms with E-state index in [1.807, 2.05) is 127 Å². The zero-order chi connectivity index (χ0) is 58.7. The maximum absolute atomic E-state index is 13.0. The fourth-order valence-corrected chi connectivity index (χ4v) is 10.3. The molecule has 6 aliphatic rings. The first-order valence-electron chi connectivity index (χ1n) is 28.8. The Balaban J connectivity index is 0.000000162. The smallest absolute Gasteiger partial charge is 0.410 e. The number of carbonyl (C=O) groups is 3. The Morgan fingerprint density at radius 1 is 0.488 bits per heavy atom. The van der Waals surface area contributed by atoms with Gasteiger partial charge in [-0.3, -0.25) is 19.4 Å². The molecule has 11 nitrogen and oxygen atoms in total. The normalized spacial score (nSPS) is 16.1. The number of likely N-dealkylation sites (tertiary alicyclic amines) is 2. The number of nitrogens with zero attached hydrogens (tertiary/aromatic N) is 5. The molecule has 13 rings (SSSR count). The third-order valence-electron chi connectivity index (χ3n) is 14.4. The molecule has 430 valence electrons. The van der Waals surface area contributed by atoms with Gasteiger partial charge in [-0.25, -0.2) is 4.79 Å². The molecule has 7 aromatic carbocycles. The Hall–Kier alpha value is -7.88. The third-order valence-corrected chi connectivity index (χ3v) is 14.4. The number of hydrogen-bond donors (Lipinski definition) is 2. The Morgan fingerprint density at radius 3 is 1.24 bits per heavy atom. The molecule has 0 radical (unpaired) electrons. The molecule has 82 heavy (non-hydrogen) atoms. The van der Waals surface area contributed by atoms with Crippen LogP contribution in [0.5, 0.6) is 0 Å². The Kier molecular flexibility index (Phi) is 25.6. The molecule has 0 unspecified atom stereocenters. The molecule has 6 heterocycles. The molecule has 0 aromatic heterocycles. The molecule has 0 aliphatic carbocycles. The van der Waals surface area contributed by atoms with Gasteiger partial charge in [0, 0.05) is 62.0 Å². The molecular formula is C70H84BrN7O4. The number of benzene rings is 7. The Labute approximate surface area is 497 Å². The highest BCUT2D eigenvalue weighted by molar-refractivity contribution is 9.08. The average molecular weight is 1170 g/mol. The fraction of sp³-hybridized carbons (Fsp3) is 0.343. The van der Waals surface area contributed by atoms with Crippen molar-refractivity contribution in [3.63, 3.8) is 0 Å². The fourth-order valence-electron chi connectivity index (χ4n) is 10.3. The summed E-state index contributed by atoms with van der Waals surface area (Å²) >= 11 is 2.94. The van der Waals surface area contributed by atoms with Crippen molar-refractivity contribution in [1.29, 1.82) is 5.26 Å². The summed E-state index contributed by atoms with van der Waals surface area (Å²) in [5.41, 5.74) is 13.4. The van der Waals surface area contributed by atoms with Crippen LogP contribution in [-0.2, 0) is 40.0 Å². The first-order valence-corrected chi connectivity index (χ1v) is 30.4. The van der Waals surface area contributed by atoms with E-state index in [2.05, 4.69) is 151 Å². The summed E-state index contributed by atoms with van der Waals surface area (Å²) in [4.78, 5) is 44.7. The van der Waals surface area contributed by atoms with Crippen LogP contribution in [0.1, 0.15) is 85.4 Å². The van der Waals surface area contributed by atoms with Crippen molar-refractivity contribution in [1.82, 2.24) is 9.80 Å². The SMILES string of the molecule is CBr.CC(C)(C)OC(=O)N1CCC[C@H]1C(=O)N1CCc2ccccc21.Cc1ccccc1.Cc1ccccc1.Cc1ccccc1.N#CN1CCC[C@H]1C(=O)N1CCc2ccccc21.c1ccc2c(c1)CCN2.c1ccc2c(c1)CCN2. The number of hydrogen-bond acceptors (Lipinski definition) is 8. The zero-order valence-corrected chi connectivity index (χ0v) is 50.8. The van der Waals surface area contributed by atoms with E-state index in [1.165, 1.54) is 63.2 Å². The number of rotatable bonds is 2. The lowest BCUT2D eigenvalue weighted by Crippen LogP contribution is -2.48. The van der Waals surface area contributed by atoms with E-state index in [9.17, 15) is 14.4 Å². The molecule has 2 fully saturated rings. The zero-order valence-electron chi connectivity index (χ0n) is 49.2. The number of nitrogens with one attached hydrogen (secondary N) is 2. The summed E-state index contributed by atoms with van der Waals surface area (Å²) in [5, 5.41) is 15.6. The van der Waals surface area contributed by atoms with Gasteiger partial charge in [-0.2, -0.15) is 5.26 Å². The molecule has 0 bridgehead atoms. The van der Waals surface area contributed by atoms with Crippen LogP contribution in [-0.4, -0.2) is 90.5 Å². The number of ether oxygens (including phenoxy) is 1. The number of para-hydroxylation sites is 4. The maximum Gasteiger partial charge on any atom is 0.410 e. The number of nitriles is 1. The largest absolute Gasteiger partial charge is 0.444 e. The lowest BCUT2D eigenvalue weighted by atomic mass is 10.1. The van der Waals surface area contributed by atoms with Crippen molar-refractivity contribution >= 4 is 56.6 Å². The summed E-state index contributed by atoms with van der Waals surface area (Å²) in [7, 11) is 0. The van der Waals surface area contributed by atoms with Crippen molar-refractivity contribution < 1.29 is 19.1 Å². The van der Waals surface area contributed by atoms with E-state index in [4.69, 9.17) is 10.00 Å². The number of carbonyl (C=O) groups excluding carboxylic acids is 3. The summed E-state index contributed by atoms with van der Waals surface area (Å²) in [6.45, 7) is 16.7. The summed E-state index contributed by atoms with van der Waals surface area (Å²) in [6, 6.07) is 63.1. The van der Waals surface area contributed by atoms with E-state index >= 15 is 0 Å². The third kappa shape index (κ3) is 19.4. The molecule has 2 N–H and O–H groups in total. The number of alkyl halides is 1. The lowest BCUT2D eigenvalue weighted by Gasteiger charge is -2.30. The minimum Gasteiger partial charge on any atom is -0.444 e. The second-order valence-corrected chi connectivity index (χ2v) is 21.7. The molecule has 2 atom stereocenters. The second kappa shape index (κ2) is 33.1. The first-order chi connectivity index (χ1) is 39.8. The van der Waals surface area contributed by atoms with Crippen LogP contribution < -0.4 is 20.4 Å². The highest BCUT2D eigenvalue weighted by atomic mass is 79.9. The van der Waals surface area contributed by atoms with Crippen LogP contribution in [0.25, 0.3) is 0 Å². The van der Waals surface area contributed by atoms with Crippen LogP contribution in [0.15, 0.2) is 188 Å². The van der Waals surface area contributed by atoms with Gasteiger partial charge in [0.1, 0.15) is 17.7 Å². The van der Waals surface area contributed by atoms with Gasteiger partial charge < -0.3 is 25.2 Å². The Morgan fingerprint density at radius 2 is 0.854 bits per heavy atom. The molecular weight excluding hydrogens is 1080 g/mol. The number of amides is 3. The van der Waals surface area contributed by atoms with Crippen molar-refractivity contribution in [2.24, 2.45) is 0 Å². The summed E-state index contributed by atoms with van der Waals surface area (Å²) in [5.74, 6) is 1.91. The van der Waals surface area contributed by atoms with Crippen LogP contribution >= 0.6 is 15.9 Å². The van der Waals surface area contributed by atoms with Crippen molar-refractivity contribution in [3.05, 3.63) is 227 Å². The van der Waals surface area contributed by atoms with Crippen LogP contribution in [0.4, 0.5) is 27.5 Å². The summed E-state index contributed by atoms with van der Waals surface area (Å²) in [6.07, 6.45) is 9.19. The molecule has 7 aromatic rings.